The fourth-order valence-corrected chi connectivity index (χ4v) is 1.94. The van der Waals surface area contributed by atoms with Gasteiger partial charge in [-0.25, -0.2) is 0 Å². The van der Waals surface area contributed by atoms with Gasteiger partial charge in [0.25, 0.3) is 5.69 Å². The van der Waals surface area contributed by atoms with Crippen LogP contribution < -0.4 is 10.1 Å². The second-order valence-corrected chi connectivity index (χ2v) is 4.85. The summed E-state index contributed by atoms with van der Waals surface area (Å²) in [5.74, 6) is 1.07. The lowest BCUT2D eigenvalue weighted by Crippen LogP contribution is -2.17. The van der Waals surface area contributed by atoms with Gasteiger partial charge in [0.1, 0.15) is 5.75 Å². The molecule has 0 saturated heterocycles. The van der Waals surface area contributed by atoms with Crippen LogP contribution in [0.3, 0.4) is 0 Å². The van der Waals surface area contributed by atoms with Crippen molar-refractivity contribution in [3.63, 3.8) is 0 Å². The van der Waals surface area contributed by atoms with Gasteiger partial charge in [-0.15, -0.1) is 0 Å². The molecule has 0 heterocycles. The number of hydrogen-bond donors (Lipinski definition) is 1. The molecule has 1 aromatic carbocycles. The molecule has 0 fully saturated rings. The van der Waals surface area contributed by atoms with Crippen molar-refractivity contribution in [3.05, 3.63) is 28.3 Å². The molecule has 0 aliphatic heterocycles. The Morgan fingerprint density at radius 1 is 1.33 bits per heavy atom. The first-order valence-electron chi connectivity index (χ1n) is 6.02. The molecule has 5 nitrogen and oxygen atoms in total. The molecule has 0 bridgehead atoms. The molecule has 0 aromatic heterocycles. The predicted molar refractivity (Wildman–Crippen MR) is 72.2 cm³/mol. The van der Waals surface area contributed by atoms with E-state index in [4.69, 9.17) is 4.74 Å². The maximum atomic E-state index is 10.8. The van der Waals surface area contributed by atoms with Crippen LogP contribution in [-0.4, -0.2) is 18.1 Å². The van der Waals surface area contributed by atoms with Gasteiger partial charge in [-0.3, -0.25) is 10.1 Å². The van der Waals surface area contributed by atoms with Gasteiger partial charge in [0.05, 0.1) is 18.1 Å². The zero-order chi connectivity index (χ0) is 13.7. The Morgan fingerprint density at radius 2 is 2.00 bits per heavy atom. The minimum Gasteiger partial charge on any atom is -0.496 e. The number of anilines is 1. The molecule has 1 unspecified atom stereocenters. The van der Waals surface area contributed by atoms with Crippen molar-refractivity contribution >= 4 is 11.4 Å². The van der Waals surface area contributed by atoms with E-state index in [1.165, 1.54) is 19.2 Å². The SMILES string of the molecule is COc1cc(NC(C)CC(C)C)cc([N+](=O)[O-])c1. The van der Waals surface area contributed by atoms with Crippen molar-refractivity contribution in [1.29, 1.82) is 0 Å². The summed E-state index contributed by atoms with van der Waals surface area (Å²) in [5.41, 5.74) is 0.753. The highest BCUT2D eigenvalue weighted by atomic mass is 16.6. The number of nitro groups is 1. The number of ether oxygens (including phenoxy) is 1. The Bertz CT molecular complexity index is 419. The monoisotopic (exact) mass is 252 g/mol. The van der Waals surface area contributed by atoms with E-state index in [2.05, 4.69) is 26.1 Å². The van der Waals surface area contributed by atoms with Crippen molar-refractivity contribution in [2.24, 2.45) is 5.92 Å². The van der Waals surface area contributed by atoms with E-state index in [1.807, 2.05) is 0 Å². The standard InChI is InChI=1S/C13H20N2O3/c1-9(2)5-10(3)14-11-6-12(15(16)17)8-13(7-11)18-4/h6-10,14H,5H2,1-4H3. The third-order valence-corrected chi connectivity index (χ3v) is 2.58. The van der Waals surface area contributed by atoms with Crippen molar-refractivity contribution in [1.82, 2.24) is 0 Å². The van der Waals surface area contributed by atoms with Crippen LogP contribution >= 0.6 is 0 Å². The molecule has 1 atom stereocenters. The van der Waals surface area contributed by atoms with Gasteiger partial charge in [0, 0.05) is 23.9 Å². The lowest BCUT2D eigenvalue weighted by atomic mass is 10.1. The maximum absolute atomic E-state index is 10.8. The molecule has 0 radical (unpaired) electrons. The van der Waals surface area contributed by atoms with E-state index in [9.17, 15) is 10.1 Å². The zero-order valence-electron chi connectivity index (χ0n) is 11.3. The van der Waals surface area contributed by atoms with Gasteiger partial charge < -0.3 is 10.1 Å². The average Bonchev–Trinajstić information content (AvgIpc) is 2.27. The molecule has 1 aromatic rings. The summed E-state index contributed by atoms with van der Waals surface area (Å²) in [6.45, 7) is 6.35. The highest BCUT2D eigenvalue weighted by Gasteiger charge is 2.12. The molecular weight excluding hydrogens is 232 g/mol. The summed E-state index contributed by atoms with van der Waals surface area (Å²) in [6, 6.07) is 4.97. The van der Waals surface area contributed by atoms with Gasteiger partial charge in [0.15, 0.2) is 0 Å². The van der Waals surface area contributed by atoms with Gasteiger partial charge in [-0.1, -0.05) is 13.8 Å². The highest BCUT2D eigenvalue weighted by Crippen LogP contribution is 2.26. The minimum absolute atomic E-state index is 0.0357. The number of rotatable bonds is 6. The van der Waals surface area contributed by atoms with E-state index in [1.54, 1.807) is 6.07 Å². The van der Waals surface area contributed by atoms with Crippen LogP contribution in [0, 0.1) is 16.0 Å². The summed E-state index contributed by atoms with van der Waals surface area (Å²) >= 11 is 0. The zero-order valence-corrected chi connectivity index (χ0v) is 11.3. The van der Waals surface area contributed by atoms with Gasteiger partial charge in [-0.05, 0) is 19.3 Å². The van der Waals surface area contributed by atoms with Crippen molar-refractivity contribution in [2.75, 3.05) is 12.4 Å². The first-order chi connectivity index (χ1) is 8.42. The molecule has 0 amide bonds. The topological polar surface area (TPSA) is 64.4 Å². The predicted octanol–water partition coefficient (Wildman–Crippen LogP) is 3.45. The molecular formula is C13H20N2O3. The van der Waals surface area contributed by atoms with Crippen molar-refractivity contribution in [2.45, 2.75) is 33.2 Å². The number of hydrogen-bond acceptors (Lipinski definition) is 4. The molecule has 0 aliphatic carbocycles. The second kappa shape index (κ2) is 6.23. The third-order valence-electron chi connectivity index (χ3n) is 2.58. The van der Waals surface area contributed by atoms with Gasteiger partial charge in [0.2, 0.25) is 0 Å². The molecule has 0 saturated carbocycles. The Morgan fingerprint density at radius 3 is 2.50 bits per heavy atom. The molecule has 1 rings (SSSR count). The molecule has 100 valence electrons. The summed E-state index contributed by atoms with van der Waals surface area (Å²) in [7, 11) is 1.50. The van der Waals surface area contributed by atoms with Crippen LogP contribution in [0.1, 0.15) is 27.2 Å². The number of non-ortho nitro benzene ring substituents is 1. The quantitative estimate of drug-likeness (QED) is 0.622. The molecule has 0 aliphatic rings. The molecule has 5 heteroatoms. The summed E-state index contributed by atoms with van der Waals surface area (Å²) < 4.78 is 5.06. The average molecular weight is 252 g/mol. The Labute approximate surface area is 107 Å². The summed E-state index contributed by atoms with van der Waals surface area (Å²) in [6.07, 6.45) is 1.00. The smallest absolute Gasteiger partial charge is 0.275 e. The van der Waals surface area contributed by atoms with E-state index in [0.29, 0.717) is 17.4 Å². The van der Waals surface area contributed by atoms with Crippen LogP contribution in [0.25, 0.3) is 0 Å². The van der Waals surface area contributed by atoms with Crippen LogP contribution in [0.4, 0.5) is 11.4 Å². The lowest BCUT2D eigenvalue weighted by molar-refractivity contribution is -0.384. The summed E-state index contributed by atoms with van der Waals surface area (Å²) in [5, 5.41) is 14.1. The van der Waals surface area contributed by atoms with Crippen LogP contribution in [0.5, 0.6) is 5.75 Å². The maximum Gasteiger partial charge on any atom is 0.275 e. The number of benzene rings is 1. The molecule has 18 heavy (non-hydrogen) atoms. The Hall–Kier alpha value is -1.78. The second-order valence-electron chi connectivity index (χ2n) is 4.85. The van der Waals surface area contributed by atoms with Crippen LogP contribution in [0.15, 0.2) is 18.2 Å². The fourth-order valence-electron chi connectivity index (χ4n) is 1.94. The number of nitro benzene ring substituents is 1. The number of nitrogens with one attached hydrogen (secondary N) is 1. The normalized spacial score (nSPS) is 12.3. The highest BCUT2D eigenvalue weighted by molar-refractivity contribution is 5.56. The molecule has 1 N–H and O–H groups in total. The Kier molecular flexibility index (Phi) is 4.95. The van der Waals surface area contributed by atoms with E-state index in [-0.39, 0.29) is 11.7 Å². The number of methoxy groups -OCH3 is 1. The molecule has 0 spiro atoms. The van der Waals surface area contributed by atoms with Crippen LogP contribution in [0.2, 0.25) is 0 Å². The van der Waals surface area contributed by atoms with Gasteiger partial charge >= 0.3 is 0 Å². The Balaban J connectivity index is 2.87. The summed E-state index contributed by atoms with van der Waals surface area (Å²) in [4.78, 5) is 10.4. The largest absolute Gasteiger partial charge is 0.496 e. The van der Waals surface area contributed by atoms with Crippen molar-refractivity contribution < 1.29 is 9.66 Å². The van der Waals surface area contributed by atoms with E-state index < -0.39 is 4.92 Å². The minimum atomic E-state index is -0.416. The van der Waals surface area contributed by atoms with Gasteiger partial charge in [-0.2, -0.15) is 0 Å². The van der Waals surface area contributed by atoms with E-state index >= 15 is 0 Å². The third kappa shape index (κ3) is 4.24. The fraction of sp³-hybridized carbons (Fsp3) is 0.538. The van der Waals surface area contributed by atoms with Crippen LogP contribution in [-0.2, 0) is 0 Å². The van der Waals surface area contributed by atoms with Crippen molar-refractivity contribution in [3.8, 4) is 5.75 Å². The first kappa shape index (κ1) is 14.3. The lowest BCUT2D eigenvalue weighted by Gasteiger charge is -2.17. The van der Waals surface area contributed by atoms with E-state index in [0.717, 1.165) is 6.42 Å². The number of nitrogens with zero attached hydrogens (tertiary/aromatic N) is 1. The first-order valence-corrected chi connectivity index (χ1v) is 6.02.